The molecule has 4 heteroatoms. The van der Waals surface area contributed by atoms with Crippen LogP contribution in [0.1, 0.15) is 79.3 Å². The summed E-state index contributed by atoms with van der Waals surface area (Å²) in [6, 6.07) is 8.59. The fraction of sp³-hybridized carbons (Fsp3) is 0.538. The van der Waals surface area contributed by atoms with Crippen LogP contribution in [0.4, 0.5) is 0 Å². The summed E-state index contributed by atoms with van der Waals surface area (Å²) < 4.78 is 0. The van der Waals surface area contributed by atoms with Gasteiger partial charge in [0.05, 0.1) is 6.67 Å². The minimum atomic E-state index is 0.314. The summed E-state index contributed by atoms with van der Waals surface area (Å²) in [6.07, 6.45) is 1.15. The van der Waals surface area contributed by atoms with E-state index in [0.717, 1.165) is 61.5 Å². The van der Waals surface area contributed by atoms with E-state index < -0.39 is 0 Å². The molecule has 1 aliphatic rings. The zero-order valence-corrected chi connectivity index (χ0v) is 19.5. The first-order valence-corrected chi connectivity index (χ1v) is 11.2. The van der Waals surface area contributed by atoms with Gasteiger partial charge in [-0.15, -0.1) is 0 Å². The van der Waals surface area contributed by atoms with Gasteiger partial charge in [0.15, 0.2) is 0 Å². The first-order chi connectivity index (χ1) is 14.2. The second-order valence-electron chi connectivity index (χ2n) is 9.61. The van der Waals surface area contributed by atoms with Gasteiger partial charge in [-0.05, 0) is 65.5 Å². The molecule has 2 aromatic carbocycles. The number of hydrogen-bond donors (Lipinski definition) is 2. The van der Waals surface area contributed by atoms with Crippen molar-refractivity contribution in [2.75, 3.05) is 19.8 Å². The Labute approximate surface area is 182 Å². The Morgan fingerprint density at radius 3 is 1.50 bits per heavy atom. The lowest BCUT2D eigenvalue weighted by molar-refractivity contribution is 0.0745. The number of phenols is 2. The van der Waals surface area contributed by atoms with Crippen molar-refractivity contribution in [3.05, 3.63) is 57.6 Å². The van der Waals surface area contributed by atoms with Crippen LogP contribution >= 0.6 is 0 Å². The SMILES string of the molecule is Cc1cc(CN2CCCN(Cc3cc(C)c(O)c(C(C)C)c3)C2)cc(C(C)C)c1O. The minimum absolute atomic E-state index is 0.314. The highest BCUT2D eigenvalue weighted by molar-refractivity contribution is 5.45. The monoisotopic (exact) mass is 410 g/mol. The van der Waals surface area contributed by atoms with Crippen LogP contribution in [0.25, 0.3) is 0 Å². The topological polar surface area (TPSA) is 46.9 Å². The highest BCUT2D eigenvalue weighted by Crippen LogP contribution is 2.32. The van der Waals surface area contributed by atoms with Crippen LogP contribution in [0.5, 0.6) is 11.5 Å². The fourth-order valence-corrected chi connectivity index (χ4v) is 4.55. The molecule has 0 aliphatic carbocycles. The largest absolute Gasteiger partial charge is 0.507 e. The summed E-state index contributed by atoms with van der Waals surface area (Å²) in [5, 5.41) is 20.7. The van der Waals surface area contributed by atoms with E-state index in [0.29, 0.717) is 23.3 Å². The zero-order valence-electron chi connectivity index (χ0n) is 19.5. The molecule has 164 valence electrons. The molecule has 2 aromatic rings. The van der Waals surface area contributed by atoms with Crippen molar-refractivity contribution in [1.82, 2.24) is 9.80 Å². The third-order valence-electron chi connectivity index (χ3n) is 6.18. The van der Waals surface area contributed by atoms with Gasteiger partial charge in [0.2, 0.25) is 0 Å². The number of aromatic hydroxyl groups is 2. The van der Waals surface area contributed by atoms with E-state index in [1.165, 1.54) is 11.1 Å². The van der Waals surface area contributed by atoms with Gasteiger partial charge < -0.3 is 10.2 Å². The molecule has 0 atom stereocenters. The number of hydrogen-bond acceptors (Lipinski definition) is 4. The van der Waals surface area contributed by atoms with Crippen LogP contribution in [-0.4, -0.2) is 39.8 Å². The van der Waals surface area contributed by atoms with E-state index in [4.69, 9.17) is 0 Å². The molecule has 0 aromatic heterocycles. The van der Waals surface area contributed by atoms with E-state index >= 15 is 0 Å². The summed E-state index contributed by atoms with van der Waals surface area (Å²) in [5.41, 5.74) is 6.56. The van der Waals surface area contributed by atoms with Crippen molar-refractivity contribution < 1.29 is 10.2 Å². The Hall–Kier alpha value is -2.04. The maximum absolute atomic E-state index is 10.4. The molecule has 1 fully saturated rings. The molecule has 1 aliphatic heterocycles. The van der Waals surface area contributed by atoms with Crippen molar-refractivity contribution in [3.63, 3.8) is 0 Å². The van der Waals surface area contributed by atoms with Crippen molar-refractivity contribution >= 4 is 0 Å². The smallest absolute Gasteiger partial charge is 0.121 e. The second-order valence-corrected chi connectivity index (χ2v) is 9.61. The van der Waals surface area contributed by atoms with Crippen molar-refractivity contribution in [1.29, 1.82) is 0 Å². The molecule has 0 radical (unpaired) electrons. The summed E-state index contributed by atoms with van der Waals surface area (Å²) in [4.78, 5) is 4.99. The van der Waals surface area contributed by atoms with Crippen molar-refractivity contribution in [2.45, 2.75) is 72.9 Å². The Bertz CT molecular complexity index is 818. The van der Waals surface area contributed by atoms with Gasteiger partial charge in [0.1, 0.15) is 11.5 Å². The zero-order chi connectivity index (χ0) is 22.0. The van der Waals surface area contributed by atoms with Crippen LogP contribution in [0.2, 0.25) is 0 Å². The molecule has 1 saturated heterocycles. The molecule has 2 N–H and O–H groups in total. The Balaban J connectivity index is 1.71. The van der Waals surface area contributed by atoms with Gasteiger partial charge in [0, 0.05) is 26.2 Å². The summed E-state index contributed by atoms with van der Waals surface area (Å²) in [7, 11) is 0. The van der Waals surface area contributed by atoms with Crippen molar-refractivity contribution in [2.24, 2.45) is 0 Å². The molecular formula is C26H38N2O2. The average Bonchev–Trinajstić information content (AvgIpc) is 2.67. The molecule has 30 heavy (non-hydrogen) atoms. The van der Waals surface area contributed by atoms with Crippen LogP contribution < -0.4 is 0 Å². The van der Waals surface area contributed by atoms with Crippen molar-refractivity contribution in [3.8, 4) is 11.5 Å². The molecule has 1 heterocycles. The van der Waals surface area contributed by atoms with Gasteiger partial charge >= 0.3 is 0 Å². The molecular weight excluding hydrogens is 372 g/mol. The summed E-state index contributed by atoms with van der Waals surface area (Å²) in [5.74, 6) is 1.51. The number of benzene rings is 2. The molecule has 0 spiro atoms. The summed E-state index contributed by atoms with van der Waals surface area (Å²) >= 11 is 0. The third-order valence-corrected chi connectivity index (χ3v) is 6.18. The van der Waals surface area contributed by atoms with E-state index in [1.807, 2.05) is 13.8 Å². The highest BCUT2D eigenvalue weighted by Gasteiger charge is 2.20. The van der Waals surface area contributed by atoms with Crippen LogP contribution in [-0.2, 0) is 13.1 Å². The molecule has 0 saturated carbocycles. The second kappa shape index (κ2) is 9.40. The molecule has 3 rings (SSSR count). The predicted octanol–water partition coefficient (Wildman–Crippen LogP) is 5.63. The van der Waals surface area contributed by atoms with Gasteiger partial charge in [-0.2, -0.15) is 0 Å². The first kappa shape index (κ1) is 22.6. The van der Waals surface area contributed by atoms with Crippen LogP contribution in [0.15, 0.2) is 24.3 Å². The highest BCUT2D eigenvalue weighted by atomic mass is 16.3. The fourth-order valence-electron chi connectivity index (χ4n) is 4.55. The summed E-state index contributed by atoms with van der Waals surface area (Å²) in [6.45, 7) is 17.5. The van der Waals surface area contributed by atoms with Crippen LogP contribution in [0.3, 0.4) is 0 Å². The van der Waals surface area contributed by atoms with Gasteiger partial charge in [-0.25, -0.2) is 0 Å². The molecule has 0 bridgehead atoms. The lowest BCUT2D eigenvalue weighted by Crippen LogP contribution is -2.43. The van der Waals surface area contributed by atoms with Gasteiger partial charge in [-0.3, -0.25) is 9.80 Å². The van der Waals surface area contributed by atoms with E-state index in [2.05, 4.69) is 61.8 Å². The van der Waals surface area contributed by atoms with Gasteiger partial charge in [0.25, 0.3) is 0 Å². The maximum atomic E-state index is 10.4. The van der Waals surface area contributed by atoms with E-state index in [9.17, 15) is 10.2 Å². The first-order valence-electron chi connectivity index (χ1n) is 11.2. The average molecular weight is 411 g/mol. The number of nitrogens with zero attached hydrogens (tertiary/aromatic N) is 2. The number of aryl methyl sites for hydroxylation is 2. The molecule has 0 unspecified atom stereocenters. The van der Waals surface area contributed by atoms with Crippen LogP contribution in [0, 0.1) is 13.8 Å². The standard InChI is InChI=1S/C26H38N2O2/c1-17(2)23-12-21(10-19(5)25(23)29)14-27-8-7-9-28(16-27)15-22-11-20(6)26(30)24(13-22)18(3)4/h10-13,17-18,29-30H,7-9,14-16H2,1-6H3. The lowest BCUT2D eigenvalue weighted by Gasteiger charge is -2.36. The Morgan fingerprint density at radius 2 is 1.13 bits per heavy atom. The molecule has 0 amide bonds. The maximum Gasteiger partial charge on any atom is 0.121 e. The predicted molar refractivity (Wildman–Crippen MR) is 124 cm³/mol. The van der Waals surface area contributed by atoms with E-state index in [1.54, 1.807) is 0 Å². The normalized spacial score (nSPS) is 16.0. The third kappa shape index (κ3) is 5.16. The quantitative estimate of drug-likeness (QED) is 0.648. The Kier molecular flexibility index (Phi) is 7.10. The number of phenolic OH excluding ortho intramolecular Hbond substituents is 2. The minimum Gasteiger partial charge on any atom is -0.507 e. The number of rotatable bonds is 6. The van der Waals surface area contributed by atoms with E-state index in [-0.39, 0.29) is 0 Å². The Morgan fingerprint density at radius 1 is 0.733 bits per heavy atom. The lowest BCUT2D eigenvalue weighted by atomic mass is 9.96. The van der Waals surface area contributed by atoms with Gasteiger partial charge in [-0.1, -0.05) is 52.0 Å². The molecule has 4 nitrogen and oxygen atoms in total.